The van der Waals surface area contributed by atoms with E-state index in [4.69, 9.17) is 4.74 Å². The van der Waals surface area contributed by atoms with Crippen LogP contribution in [0, 0.1) is 0 Å². The molecule has 0 aliphatic rings. The third-order valence-electron chi connectivity index (χ3n) is 3.21. The quantitative estimate of drug-likeness (QED) is 0.830. The van der Waals surface area contributed by atoms with E-state index in [1.807, 2.05) is 37.3 Å². The van der Waals surface area contributed by atoms with Gasteiger partial charge in [-0.1, -0.05) is 37.3 Å². The second kappa shape index (κ2) is 7.93. The van der Waals surface area contributed by atoms with Crippen LogP contribution in [0.3, 0.4) is 0 Å². The van der Waals surface area contributed by atoms with E-state index in [0.29, 0.717) is 12.1 Å². The van der Waals surface area contributed by atoms with Gasteiger partial charge in [0.15, 0.2) is 6.61 Å². The maximum Gasteiger partial charge on any atom is 0.340 e. The van der Waals surface area contributed by atoms with Crippen LogP contribution in [0.15, 0.2) is 54.9 Å². The summed E-state index contributed by atoms with van der Waals surface area (Å²) in [6.45, 7) is 2.22. The standard InChI is InChI=1S/C17H18N2O3/c1-13(14-6-3-2-4-7-14)10-19-16(20)12-22-17(21)15-8-5-9-18-11-15/h2-9,11,13H,10,12H2,1H3,(H,19,20)/t13-/m0/s1. The van der Waals surface area contributed by atoms with E-state index in [1.54, 1.807) is 18.3 Å². The Morgan fingerprint density at radius 1 is 1.18 bits per heavy atom. The smallest absolute Gasteiger partial charge is 0.340 e. The molecule has 1 N–H and O–H groups in total. The molecule has 0 bridgehead atoms. The van der Waals surface area contributed by atoms with Crippen molar-refractivity contribution in [3.8, 4) is 0 Å². The molecular formula is C17H18N2O3. The Balaban J connectivity index is 1.73. The average Bonchev–Trinajstić information content (AvgIpc) is 2.59. The molecule has 0 spiro atoms. The summed E-state index contributed by atoms with van der Waals surface area (Å²) in [6, 6.07) is 13.1. The third kappa shape index (κ3) is 4.70. The van der Waals surface area contributed by atoms with Gasteiger partial charge in [-0.05, 0) is 23.6 Å². The van der Waals surface area contributed by atoms with Crippen LogP contribution in [0.1, 0.15) is 28.8 Å². The third-order valence-corrected chi connectivity index (χ3v) is 3.21. The second-order valence-corrected chi connectivity index (χ2v) is 4.93. The Labute approximate surface area is 129 Å². The van der Waals surface area contributed by atoms with Crippen molar-refractivity contribution in [2.45, 2.75) is 12.8 Å². The number of benzene rings is 1. The zero-order chi connectivity index (χ0) is 15.8. The number of rotatable bonds is 6. The van der Waals surface area contributed by atoms with Crippen molar-refractivity contribution in [3.05, 3.63) is 66.0 Å². The fourth-order valence-corrected chi connectivity index (χ4v) is 1.92. The maximum atomic E-state index is 11.7. The van der Waals surface area contributed by atoms with Gasteiger partial charge in [0.05, 0.1) is 5.56 Å². The molecule has 2 aromatic rings. The molecule has 0 aliphatic heterocycles. The number of hydrogen-bond donors (Lipinski definition) is 1. The topological polar surface area (TPSA) is 68.3 Å². The number of nitrogens with one attached hydrogen (secondary N) is 1. The number of hydrogen-bond acceptors (Lipinski definition) is 4. The molecule has 22 heavy (non-hydrogen) atoms. The molecule has 0 radical (unpaired) electrons. The Hall–Kier alpha value is -2.69. The molecule has 1 atom stereocenters. The first-order valence-electron chi connectivity index (χ1n) is 7.05. The van der Waals surface area contributed by atoms with E-state index in [-0.39, 0.29) is 18.4 Å². The van der Waals surface area contributed by atoms with Crippen molar-refractivity contribution in [1.29, 1.82) is 0 Å². The molecule has 0 saturated heterocycles. The van der Waals surface area contributed by atoms with Gasteiger partial charge in [-0.15, -0.1) is 0 Å². The highest BCUT2D eigenvalue weighted by Gasteiger charge is 2.11. The van der Waals surface area contributed by atoms with E-state index < -0.39 is 5.97 Å². The van der Waals surface area contributed by atoms with E-state index in [0.717, 1.165) is 5.56 Å². The van der Waals surface area contributed by atoms with Crippen molar-refractivity contribution in [2.24, 2.45) is 0 Å². The molecular weight excluding hydrogens is 280 g/mol. The first kappa shape index (κ1) is 15.7. The maximum absolute atomic E-state index is 11.7. The zero-order valence-corrected chi connectivity index (χ0v) is 12.4. The summed E-state index contributed by atoms with van der Waals surface area (Å²) in [6.07, 6.45) is 2.96. The number of carbonyl (C=O) groups excluding carboxylic acids is 2. The molecule has 2 rings (SSSR count). The van der Waals surface area contributed by atoms with Crippen molar-refractivity contribution in [1.82, 2.24) is 10.3 Å². The normalized spacial score (nSPS) is 11.5. The average molecular weight is 298 g/mol. The van der Waals surface area contributed by atoms with Crippen LogP contribution < -0.4 is 5.32 Å². The molecule has 1 heterocycles. The van der Waals surface area contributed by atoms with Crippen LogP contribution in [0.5, 0.6) is 0 Å². The second-order valence-electron chi connectivity index (χ2n) is 4.93. The number of amides is 1. The van der Waals surface area contributed by atoms with E-state index in [1.165, 1.54) is 6.20 Å². The summed E-state index contributed by atoms with van der Waals surface area (Å²) in [5, 5.41) is 2.76. The lowest BCUT2D eigenvalue weighted by Gasteiger charge is -2.13. The van der Waals surface area contributed by atoms with Crippen LogP contribution >= 0.6 is 0 Å². The molecule has 5 heteroatoms. The summed E-state index contributed by atoms with van der Waals surface area (Å²) < 4.78 is 4.94. The predicted molar refractivity (Wildman–Crippen MR) is 82.4 cm³/mol. The van der Waals surface area contributed by atoms with Gasteiger partial charge >= 0.3 is 5.97 Å². The molecule has 5 nitrogen and oxygen atoms in total. The number of esters is 1. The molecule has 114 valence electrons. The number of pyridine rings is 1. The summed E-state index contributed by atoms with van der Waals surface area (Å²) >= 11 is 0. The van der Waals surface area contributed by atoms with Gasteiger partial charge in [0, 0.05) is 18.9 Å². The summed E-state index contributed by atoms with van der Waals surface area (Å²) in [5.74, 6) is -0.682. The highest BCUT2D eigenvalue weighted by Crippen LogP contribution is 2.12. The first-order chi connectivity index (χ1) is 10.7. The Kier molecular flexibility index (Phi) is 5.65. The highest BCUT2D eigenvalue weighted by atomic mass is 16.5. The van der Waals surface area contributed by atoms with Crippen LogP contribution in [0.2, 0.25) is 0 Å². The molecule has 0 fully saturated rings. The van der Waals surface area contributed by atoms with Gasteiger partial charge in [0.1, 0.15) is 0 Å². The minimum Gasteiger partial charge on any atom is -0.452 e. The SMILES string of the molecule is C[C@@H](CNC(=O)COC(=O)c1cccnc1)c1ccccc1. The predicted octanol–water partition coefficient (Wildman–Crippen LogP) is 2.16. The zero-order valence-electron chi connectivity index (χ0n) is 12.4. The minimum absolute atomic E-state index is 0.194. The van der Waals surface area contributed by atoms with E-state index >= 15 is 0 Å². The molecule has 0 aliphatic carbocycles. The van der Waals surface area contributed by atoms with Crippen molar-refractivity contribution in [2.75, 3.05) is 13.2 Å². The van der Waals surface area contributed by atoms with Gasteiger partial charge in [-0.3, -0.25) is 9.78 Å². The molecule has 1 aromatic carbocycles. The summed E-state index contributed by atoms with van der Waals surface area (Å²) in [7, 11) is 0. The van der Waals surface area contributed by atoms with Gasteiger partial charge in [-0.25, -0.2) is 4.79 Å². The minimum atomic E-state index is -0.556. The molecule has 1 aromatic heterocycles. The Bertz CT molecular complexity index is 614. The van der Waals surface area contributed by atoms with Gasteiger partial charge in [0.2, 0.25) is 0 Å². The summed E-state index contributed by atoms with van der Waals surface area (Å²) in [5.41, 5.74) is 1.48. The van der Waals surface area contributed by atoms with Crippen LogP contribution in [0.25, 0.3) is 0 Å². The van der Waals surface area contributed by atoms with Gasteiger partial charge in [-0.2, -0.15) is 0 Å². The lowest BCUT2D eigenvalue weighted by molar-refractivity contribution is -0.124. The van der Waals surface area contributed by atoms with Gasteiger partial charge in [0.25, 0.3) is 5.91 Å². The van der Waals surface area contributed by atoms with E-state index in [9.17, 15) is 9.59 Å². The molecule has 0 saturated carbocycles. The Morgan fingerprint density at radius 2 is 1.95 bits per heavy atom. The van der Waals surface area contributed by atoms with Crippen molar-refractivity contribution < 1.29 is 14.3 Å². The van der Waals surface area contributed by atoms with Crippen molar-refractivity contribution >= 4 is 11.9 Å². The number of carbonyl (C=O) groups is 2. The molecule has 1 amide bonds. The van der Waals surface area contributed by atoms with Crippen LogP contribution in [-0.4, -0.2) is 30.0 Å². The Morgan fingerprint density at radius 3 is 2.64 bits per heavy atom. The number of aromatic nitrogens is 1. The lowest BCUT2D eigenvalue weighted by atomic mass is 10.0. The monoisotopic (exact) mass is 298 g/mol. The highest BCUT2D eigenvalue weighted by molar-refractivity contribution is 5.90. The summed E-state index contributed by atoms with van der Waals surface area (Å²) in [4.78, 5) is 27.2. The largest absolute Gasteiger partial charge is 0.452 e. The fourth-order valence-electron chi connectivity index (χ4n) is 1.92. The number of ether oxygens (including phenoxy) is 1. The van der Waals surface area contributed by atoms with Crippen LogP contribution in [0.4, 0.5) is 0 Å². The van der Waals surface area contributed by atoms with E-state index in [2.05, 4.69) is 10.3 Å². The number of nitrogens with zero attached hydrogens (tertiary/aromatic N) is 1. The fraction of sp³-hybridized carbons (Fsp3) is 0.235. The lowest BCUT2D eigenvalue weighted by Crippen LogP contribution is -2.31. The molecule has 0 unspecified atom stereocenters. The van der Waals surface area contributed by atoms with Crippen LogP contribution in [-0.2, 0) is 9.53 Å². The van der Waals surface area contributed by atoms with Crippen molar-refractivity contribution in [3.63, 3.8) is 0 Å². The first-order valence-corrected chi connectivity index (χ1v) is 7.05. The van der Waals surface area contributed by atoms with Gasteiger partial charge < -0.3 is 10.1 Å².